The zero-order chi connectivity index (χ0) is 14.8. The van der Waals surface area contributed by atoms with Crippen LogP contribution in [0, 0.1) is 5.92 Å². The predicted octanol–water partition coefficient (Wildman–Crippen LogP) is 1.62. The van der Waals surface area contributed by atoms with E-state index in [1.54, 1.807) is 0 Å². The van der Waals surface area contributed by atoms with Gasteiger partial charge in [0.1, 0.15) is 0 Å². The van der Waals surface area contributed by atoms with E-state index in [0.717, 1.165) is 32.6 Å². The standard InChI is InChI=1S/C15H29N3OS/c1-5-15(4)14(19)18(13(16-15)12(2)3)7-6-17-8-10-20-11-9-17/h12-13,16H,5-11H2,1-4H3. The maximum atomic E-state index is 12.7. The van der Waals surface area contributed by atoms with Crippen LogP contribution in [0.4, 0.5) is 0 Å². The van der Waals surface area contributed by atoms with Crippen LogP contribution in [0.5, 0.6) is 0 Å². The van der Waals surface area contributed by atoms with Gasteiger partial charge in [-0.1, -0.05) is 20.8 Å². The Morgan fingerprint density at radius 3 is 2.55 bits per heavy atom. The van der Waals surface area contributed by atoms with Crippen LogP contribution in [0.2, 0.25) is 0 Å². The maximum Gasteiger partial charge on any atom is 0.243 e. The predicted molar refractivity (Wildman–Crippen MR) is 85.9 cm³/mol. The fraction of sp³-hybridized carbons (Fsp3) is 0.933. The molecular weight excluding hydrogens is 270 g/mol. The molecule has 0 spiro atoms. The summed E-state index contributed by atoms with van der Waals surface area (Å²) in [4.78, 5) is 17.3. The molecule has 0 saturated carbocycles. The summed E-state index contributed by atoms with van der Waals surface area (Å²) in [6, 6.07) is 0. The molecule has 2 atom stereocenters. The summed E-state index contributed by atoms with van der Waals surface area (Å²) in [5.74, 6) is 3.19. The summed E-state index contributed by atoms with van der Waals surface area (Å²) in [5.41, 5.74) is -0.368. The molecule has 4 nitrogen and oxygen atoms in total. The van der Waals surface area contributed by atoms with E-state index >= 15 is 0 Å². The molecular formula is C15H29N3OS. The van der Waals surface area contributed by atoms with Crippen molar-refractivity contribution in [2.75, 3.05) is 37.7 Å². The third-order valence-electron chi connectivity index (χ3n) is 4.63. The number of carbonyl (C=O) groups is 1. The molecule has 2 saturated heterocycles. The summed E-state index contributed by atoms with van der Waals surface area (Å²) < 4.78 is 0. The van der Waals surface area contributed by atoms with E-state index in [9.17, 15) is 4.79 Å². The highest BCUT2D eigenvalue weighted by Gasteiger charge is 2.47. The fourth-order valence-electron chi connectivity index (χ4n) is 3.00. The lowest BCUT2D eigenvalue weighted by molar-refractivity contribution is -0.133. The normalized spacial score (nSPS) is 32.4. The first-order valence-corrected chi connectivity index (χ1v) is 9.02. The van der Waals surface area contributed by atoms with Crippen molar-refractivity contribution in [2.24, 2.45) is 5.92 Å². The lowest BCUT2D eigenvalue weighted by atomic mass is 9.99. The average molecular weight is 299 g/mol. The molecule has 2 unspecified atom stereocenters. The number of hydrogen-bond donors (Lipinski definition) is 1. The van der Waals surface area contributed by atoms with Crippen molar-refractivity contribution in [3.8, 4) is 0 Å². The molecule has 20 heavy (non-hydrogen) atoms. The number of nitrogens with zero attached hydrogens (tertiary/aromatic N) is 2. The van der Waals surface area contributed by atoms with E-state index in [1.165, 1.54) is 11.5 Å². The molecule has 0 bridgehead atoms. The van der Waals surface area contributed by atoms with E-state index < -0.39 is 0 Å². The van der Waals surface area contributed by atoms with Gasteiger partial charge in [0.15, 0.2) is 0 Å². The van der Waals surface area contributed by atoms with Gasteiger partial charge in [-0.3, -0.25) is 15.0 Å². The molecule has 1 N–H and O–H groups in total. The minimum Gasteiger partial charge on any atom is -0.324 e. The number of carbonyl (C=O) groups excluding carboxylic acids is 1. The monoisotopic (exact) mass is 299 g/mol. The van der Waals surface area contributed by atoms with Crippen LogP contribution >= 0.6 is 11.8 Å². The van der Waals surface area contributed by atoms with Gasteiger partial charge in [0, 0.05) is 37.7 Å². The minimum absolute atomic E-state index is 0.187. The quantitative estimate of drug-likeness (QED) is 0.837. The molecule has 1 amide bonds. The third kappa shape index (κ3) is 3.31. The number of thioether (sulfide) groups is 1. The molecule has 2 heterocycles. The number of amides is 1. The van der Waals surface area contributed by atoms with E-state index in [1.807, 2.05) is 18.7 Å². The van der Waals surface area contributed by atoms with Gasteiger partial charge in [0.25, 0.3) is 0 Å². The summed E-state index contributed by atoms with van der Waals surface area (Å²) >= 11 is 2.03. The third-order valence-corrected chi connectivity index (χ3v) is 5.58. The van der Waals surface area contributed by atoms with Crippen LogP contribution in [0.3, 0.4) is 0 Å². The van der Waals surface area contributed by atoms with E-state index in [0.29, 0.717) is 5.92 Å². The van der Waals surface area contributed by atoms with Crippen molar-refractivity contribution < 1.29 is 4.79 Å². The fourth-order valence-corrected chi connectivity index (χ4v) is 3.98. The molecule has 2 aliphatic rings. The summed E-state index contributed by atoms with van der Waals surface area (Å²) in [6.45, 7) is 12.7. The van der Waals surface area contributed by atoms with Crippen molar-refractivity contribution in [1.29, 1.82) is 0 Å². The summed E-state index contributed by atoms with van der Waals surface area (Å²) in [5, 5.41) is 3.56. The molecule has 0 aromatic carbocycles. The molecule has 0 radical (unpaired) electrons. The Hall–Kier alpha value is -0.260. The highest BCUT2D eigenvalue weighted by molar-refractivity contribution is 7.99. The first kappa shape index (κ1) is 16.1. The SMILES string of the molecule is CCC1(C)NC(C(C)C)N(CCN2CCSCC2)C1=O. The highest BCUT2D eigenvalue weighted by Crippen LogP contribution is 2.27. The van der Waals surface area contributed by atoms with Gasteiger partial charge in [-0.2, -0.15) is 11.8 Å². The minimum atomic E-state index is -0.368. The van der Waals surface area contributed by atoms with Crippen LogP contribution in [-0.4, -0.2) is 65.1 Å². The molecule has 5 heteroatoms. The number of hydrogen-bond acceptors (Lipinski definition) is 4. The molecule has 116 valence electrons. The van der Waals surface area contributed by atoms with Crippen molar-refractivity contribution >= 4 is 17.7 Å². The van der Waals surface area contributed by atoms with Crippen molar-refractivity contribution in [3.63, 3.8) is 0 Å². The molecule has 0 aromatic rings. The van der Waals surface area contributed by atoms with Crippen molar-refractivity contribution in [1.82, 2.24) is 15.1 Å². The number of nitrogens with one attached hydrogen (secondary N) is 1. The molecule has 2 aliphatic heterocycles. The lowest BCUT2D eigenvalue weighted by Crippen LogP contribution is -2.46. The Bertz CT molecular complexity index is 344. The van der Waals surface area contributed by atoms with Gasteiger partial charge in [0.2, 0.25) is 5.91 Å². The Morgan fingerprint density at radius 1 is 1.35 bits per heavy atom. The second kappa shape index (κ2) is 6.67. The van der Waals surface area contributed by atoms with E-state index in [-0.39, 0.29) is 17.6 Å². The first-order chi connectivity index (χ1) is 9.48. The van der Waals surface area contributed by atoms with Crippen LogP contribution in [0.1, 0.15) is 34.1 Å². The summed E-state index contributed by atoms with van der Waals surface area (Å²) in [6.07, 6.45) is 1.04. The Kier molecular flexibility index (Phi) is 5.37. The Morgan fingerprint density at radius 2 is 2.00 bits per heavy atom. The lowest BCUT2D eigenvalue weighted by Gasteiger charge is -2.31. The molecule has 0 aliphatic carbocycles. The molecule has 0 aromatic heterocycles. The van der Waals surface area contributed by atoms with Gasteiger partial charge in [-0.15, -0.1) is 0 Å². The zero-order valence-corrected chi connectivity index (χ0v) is 14.1. The van der Waals surface area contributed by atoms with Crippen LogP contribution in [0.25, 0.3) is 0 Å². The van der Waals surface area contributed by atoms with Crippen LogP contribution < -0.4 is 5.32 Å². The van der Waals surface area contributed by atoms with Gasteiger partial charge < -0.3 is 4.90 Å². The topological polar surface area (TPSA) is 35.6 Å². The van der Waals surface area contributed by atoms with Crippen LogP contribution in [-0.2, 0) is 4.79 Å². The van der Waals surface area contributed by atoms with Gasteiger partial charge >= 0.3 is 0 Å². The van der Waals surface area contributed by atoms with E-state index in [2.05, 4.69) is 35.9 Å². The highest BCUT2D eigenvalue weighted by atomic mass is 32.2. The second-order valence-corrected chi connectivity index (χ2v) is 7.70. The maximum absolute atomic E-state index is 12.7. The second-order valence-electron chi connectivity index (χ2n) is 6.47. The van der Waals surface area contributed by atoms with E-state index in [4.69, 9.17) is 0 Å². The molecule has 2 fully saturated rings. The average Bonchev–Trinajstić information content (AvgIpc) is 2.71. The Balaban J connectivity index is 1.97. The number of rotatable bonds is 5. The van der Waals surface area contributed by atoms with Gasteiger partial charge in [-0.05, 0) is 19.3 Å². The summed E-state index contributed by atoms with van der Waals surface area (Å²) in [7, 11) is 0. The first-order valence-electron chi connectivity index (χ1n) is 7.87. The zero-order valence-electron chi connectivity index (χ0n) is 13.3. The van der Waals surface area contributed by atoms with Crippen molar-refractivity contribution in [2.45, 2.75) is 45.8 Å². The largest absolute Gasteiger partial charge is 0.324 e. The Labute approximate surface area is 127 Å². The van der Waals surface area contributed by atoms with Crippen molar-refractivity contribution in [3.05, 3.63) is 0 Å². The smallest absolute Gasteiger partial charge is 0.243 e. The van der Waals surface area contributed by atoms with Gasteiger partial charge in [-0.25, -0.2) is 0 Å². The van der Waals surface area contributed by atoms with Gasteiger partial charge in [0.05, 0.1) is 11.7 Å². The van der Waals surface area contributed by atoms with Crippen LogP contribution in [0.15, 0.2) is 0 Å². The molecule has 2 rings (SSSR count).